The number of amides is 3. The van der Waals surface area contributed by atoms with E-state index in [9.17, 15) is 24.3 Å². The van der Waals surface area contributed by atoms with Crippen molar-refractivity contribution in [2.75, 3.05) is 32.8 Å². The van der Waals surface area contributed by atoms with E-state index in [4.69, 9.17) is 5.11 Å². The van der Waals surface area contributed by atoms with Gasteiger partial charge in [-0.1, -0.05) is 13.8 Å². The molecule has 9 nitrogen and oxygen atoms in total. The minimum atomic E-state index is -1.41. The fraction of sp³-hybridized carbons (Fsp3) is 0.778. The van der Waals surface area contributed by atoms with Crippen molar-refractivity contribution in [3.05, 3.63) is 0 Å². The maximum atomic E-state index is 11.9. The maximum absolute atomic E-state index is 11.9. The van der Waals surface area contributed by atoms with Crippen molar-refractivity contribution in [3.8, 4) is 0 Å². The summed E-state index contributed by atoms with van der Waals surface area (Å²) in [7, 11) is 0. The summed E-state index contributed by atoms with van der Waals surface area (Å²) in [4.78, 5) is 48.5. The summed E-state index contributed by atoms with van der Waals surface area (Å²) in [5.74, 6) is -1.77. The van der Waals surface area contributed by atoms with Gasteiger partial charge >= 0.3 is 0 Å². The van der Waals surface area contributed by atoms with Gasteiger partial charge in [0.25, 0.3) is 5.91 Å². The molecule has 0 bridgehead atoms. The Morgan fingerprint density at radius 3 is 2.26 bits per heavy atom. The highest BCUT2D eigenvalue weighted by Crippen LogP contribution is 2.19. The smallest absolute Gasteiger partial charge is 0.287 e. The predicted molar refractivity (Wildman–Crippen MR) is 97.5 cm³/mol. The fourth-order valence-electron chi connectivity index (χ4n) is 2.74. The first-order chi connectivity index (χ1) is 12.6. The Bertz CT molecular complexity index is 555. The molecule has 1 saturated heterocycles. The van der Waals surface area contributed by atoms with Crippen LogP contribution in [0.4, 0.5) is 0 Å². The minimum Gasteiger partial charge on any atom is -0.396 e. The lowest BCUT2D eigenvalue weighted by Crippen LogP contribution is -2.46. The molecule has 0 aromatic rings. The van der Waals surface area contributed by atoms with Crippen LogP contribution in [0.15, 0.2) is 0 Å². The second kappa shape index (κ2) is 10.4. The molecule has 0 aliphatic carbocycles. The molecule has 9 heteroatoms. The number of hydrogen-bond donors (Lipinski definition) is 4. The zero-order valence-electron chi connectivity index (χ0n) is 16.3. The molecule has 1 atom stereocenters. The van der Waals surface area contributed by atoms with E-state index in [1.165, 1.54) is 20.8 Å². The summed E-state index contributed by atoms with van der Waals surface area (Å²) in [6, 6.07) is 0. The molecule has 154 valence electrons. The monoisotopic (exact) mass is 385 g/mol. The fourth-order valence-corrected chi connectivity index (χ4v) is 2.74. The molecule has 0 radical (unpaired) electrons. The van der Waals surface area contributed by atoms with Crippen molar-refractivity contribution in [2.45, 2.75) is 46.1 Å². The van der Waals surface area contributed by atoms with Gasteiger partial charge in [-0.05, 0) is 18.8 Å². The summed E-state index contributed by atoms with van der Waals surface area (Å²) < 4.78 is 0. The topological polar surface area (TPSA) is 136 Å². The summed E-state index contributed by atoms with van der Waals surface area (Å²) in [5, 5.41) is 24.0. The Balaban J connectivity index is 2.26. The van der Waals surface area contributed by atoms with Crippen LogP contribution >= 0.6 is 0 Å². The molecule has 0 spiro atoms. The van der Waals surface area contributed by atoms with Crippen LogP contribution in [0, 0.1) is 11.3 Å². The standard InChI is InChI=1S/C18H31N3O6/c1-12(23)21-8-5-13(6-9-21)10-20-16(26)14(24)4-7-19-17(27)15(25)18(2,3)11-22/h13,15,22,25H,4-11H2,1-3H3,(H,19,27)(H,20,26)/t15-/m0/s1. The van der Waals surface area contributed by atoms with Crippen LogP contribution in [0.2, 0.25) is 0 Å². The van der Waals surface area contributed by atoms with Crippen molar-refractivity contribution in [1.29, 1.82) is 0 Å². The number of Topliss-reactive ketones (excluding diaryl/α,β-unsaturated/α-hetero) is 1. The Morgan fingerprint density at radius 2 is 1.74 bits per heavy atom. The van der Waals surface area contributed by atoms with Gasteiger partial charge in [-0.2, -0.15) is 0 Å². The number of carbonyl (C=O) groups excluding carboxylic acids is 4. The van der Waals surface area contributed by atoms with E-state index in [0.29, 0.717) is 19.6 Å². The Morgan fingerprint density at radius 1 is 1.15 bits per heavy atom. The second-order valence-corrected chi connectivity index (χ2v) is 7.67. The van der Waals surface area contributed by atoms with Crippen LogP contribution < -0.4 is 10.6 Å². The van der Waals surface area contributed by atoms with Crippen LogP contribution in [0.5, 0.6) is 0 Å². The number of likely N-dealkylation sites (tertiary alicyclic amines) is 1. The molecular weight excluding hydrogens is 354 g/mol. The highest BCUT2D eigenvalue weighted by atomic mass is 16.3. The molecular formula is C18H31N3O6. The Kier molecular flexibility index (Phi) is 8.84. The number of ketones is 1. The average Bonchev–Trinajstić information content (AvgIpc) is 2.65. The lowest BCUT2D eigenvalue weighted by atomic mass is 9.87. The van der Waals surface area contributed by atoms with Crippen LogP contribution in [-0.2, 0) is 19.2 Å². The van der Waals surface area contributed by atoms with Crippen LogP contribution in [0.3, 0.4) is 0 Å². The van der Waals surface area contributed by atoms with Gasteiger partial charge in [0, 0.05) is 44.9 Å². The first-order valence-electron chi connectivity index (χ1n) is 9.21. The number of aliphatic hydroxyl groups is 2. The van der Waals surface area contributed by atoms with Crippen molar-refractivity contribution in [3.63, 3.8) is 0 Å². The van der Waals surface area contributed by atoms with E-state index in [-0.39, 0.29) is 31.4 Å². The zero-order valence-corrected chi connectivity index (χ0v) is 16.3. The van der Waals surface area contributed by atoms with Gasteiger partial charge in [0.15, 0.2) is 0 Å². The highest BCUT2D eigenvalue weighted by molar-refractivity contribution is 6.36. The summed E-state index contributed by atoms with van der Waals surface area (Å²) in [6.07, 6.45) is -0.0231. The molecule has 3 amide bonds. The first-order valence-corrected chi connectivity index (χ1v) is 9.21. The Hall–Kier alpha value is -2.00. The van der Waals surface area contributed by atoms with Gasteiger partial charge < -0.3 is 25.7 Å². The van der Waals surface area contributed by atoms with Gasteiger partial charge in [0.2, 0.25) is 17.6 Å². The molecule has 1 aliphatic heterocycles. The van der Waals surface area contributed by atoms with E-state index in [0.717, 1.165) is 12.8 Å². The van der Waals surface area contributed by atoms with Crippen LogP contribution in [-0.4, -0.2) is 77.5 Å². The predicted octanol–water partition coefficient (Wildman–Crippen LogP) is -1.18. The maximum Gasteiger partial charge on any atom is 0.287 e. The molecule has 0 aromatic heterocycles. The quantitative estimate of drug-likeness (QED) is 0.369. The lowest BCUT2D eigenvalue weighted by molar-refractivity contribution is -0.139. The number of nitrogens with one attached hydrogen (secondary N) is 2. The molecule has 0 aromatic carbocycles. The van der Waals surface area contributed by atoms with E-state index < -0.39 is 29.1 Å². The van der Waals surface area contributed by atoms with Gasteiger partial charge in [0.1, 0.15) is 6.10 Å². The molecule has 27 heavy (non-hydrogen) atoms. The molecule has 1 rings (SSSR count). The molecule has 4 N–H and O–H groups in total. The number of hydrogen-bond acceptors (Lipinski definition) is 6. The largest absolute Gasteiger partial charge is 0.396 e. The van der Waals surface area contributed by atoms with Crippen LogP contribution in [0.25, 0.3) is 0 Å². The van der Waals surface area contributed by atoms with Gasteiger partial charge in [-0.25, -0.2) is 0 Å². The number of rotatable bonds is 9. The molecule has 0 unspecified atom stereocenters. The van der Waals surface area contributed by atoms with Gasteiger partial charge in [-0.15, -0.1) is 0 Å². The summed E-state index contributed by atoms with van der Waals surface area (Å²) in [5.41, 5.74) is -0.997. The zero-order chi connectivity index (χ0) is 20.6. The lowest BCUT2D eigenvalue weighted by Gasteiger charge is -2.31. The molecule has 0 saturated carbocycles. The van der Waals surface area contributed by atoms with E-state index in [2.05, 4.69) is 10.6 Å². The van der Waals surface area contributed by atoms with Crippen molar-refractivity contribution in [2.24, 2.45) is 11.3 Å². The molecule has 1 heterocycles. The first kappa shape index (κ1) is 23.0. The third-order valence-electron chi connectivity index (χ3n) is 4.91. The van der Waals surface area contributed by atoms with E-state index in [1.807, 2.05) is 0 Å². The van der Waals surface area contributed by atoms with Crippen LogP contribution in [0.1, 0.15) is 40.0 Å². The second-order valence-electron chi connectivity index (χ2n) is 7.67. The average molecular weight is 385 g/mol. The number of aliphatic hydroxyl groups excluding tert-OH is 2. The van der Waals surface area contributed by atoms with E-state index in [1.54, 1.807) is 4.90 Å². The molecule has 1 aliphatic rings. The number of nitrogens with zero attached hydrogens (tertiary/aromatic N) is 1. The van der Waals surface area contributed by atoms with Gasteiger partial charge in [-0.3, -0.25) is 19.2 Å². The third-order valence-corrected chi connectivity index (χ3v) is 4.91. The minimum absolute atomic E-state index is 0.0437. The highest BCUT2D eigenvalue weighted by Gasteiger charge is 2.32. The van der Waals surface area contributed by atoms with Crippen molar-refractivity contribution in [1.82, 2.24) is 15.5 Å². The van der Waals surface area contributed by atoms with Crippen molar-refractivity contribution >= 4 is 23.5 Å². The van der Waals surface area contributed by atoms with E-state index >= 15 is 0 Å². The number of piperidine rings is 1. The third kappa shape index (κ3) is 7.26. The number of carbonyl (C=O) groups is 4. The van der Waals surface area contributed by atoms with Crippen molar-refractivity contribution < 1.29 is 29.4 Å². The Labute approximate surface area is 159 Å². The van der Waals surface area contributed by atoms with Gasteiger partial charge in [0.05, 0.1) is 6.61 Å². The summed E-state index contributed by atoms with van der Waals surface area (Å²) >= 11 is 0. The normalized spacial score (nSPS) is 16.6. The molecule has 1 fully saturated rings. The summed E-state index contributed by atoms with van der Waals surface area (Å²) in [6.45, 7) is 5.86. The SMILES string of the molecule is CC(=O)N1CCC(CNC(=O)C(=O)CCNC(=O)[C@H](O)C(C)(C)CO)CC1.